The summed E-state index contributed by atoms with van der Waals surface area (Å²) < 4.78 is 0. The lowest BCUT2D eigenvalue weighted by atomic mass is 9.81. The SMILES string of the molecule is CCCC1(C(=O)NC2CC3CCCC(C2)N3C)CCCN1. The van der Waals surface area contributed by atoms with Crippen LogP contribution in [0.25, 0.3) is 0 Å². The minimum absolute atomic E-state index is 0.271. The van der Waals surface area contributed by atoms with E-state index >= 15 is 0 Å². The quantitative estimate of drug-likeness (QED) is 0.834. The predicted octanol–water partition coefficient (Wildman–Crippen LogP) is 2.04. The van der Waals surface area contributed by atoms with Gasteiger partial charge in [0, 0.05) is 18.1 Å². The van der Waals surface area contributed by atoms with E-state index in [-0.39, 0.29) is 11.4 Å². The van der Waals surface area contributed by atoms with E-state index in [1.165, 1.54) is 19.3 Å². The molecule has 4 heteroatoms. The molecule has 3 unspecified atom stereocenters. The molecule has 3 aliphatic rings. The van der Waals surface area contributed by atoms with Crippen molar-refractivity contribution in [2.24, 2.45) is 0 Å². The van der Waals surface area contributed by atoms with E-state index in [2.05, 4.69) is 29.5 Å². The number of hydrogen-bond donors (Lipinski definition) is 2. The fourth-order valence-corrected chi connectivity index (χ4v) is 4.81. The minimum atomic E-state index is -0.271. The van der Waals surface area contributed by atoms with E-state index in [0.29, 0.717) is 18.1 Å². The standard InChI is InChI=1S/C17H31N3O/c1-3-8-17(9-5-10-18-17)16(21)19-13-11-14-6-4-7-15(12-13)20(14)2/h13-15,18H,3-12H2,1-2H3,(H,19,21). The average molecular weight is 293 g/mol. The Morgan fingerprint density at radius 2 is 2.00 bits per heavy atom. The molecule has 0 saturated carbocycles. The van der Waals surface area contributed by atoms with Crippen molar-refractivity contribution in [3.05, 3.63) is 0 Å². The number of hydrogen-bond acceptors (Lipinski definition) is 3. The van der Waals surface area contributed by atoms with Crippen molar-refractivity contribution in [1.82, 2.24) is 15.5 Å². The molecule has 2 N–H and O–H groups in total. The van der Waals surface area contributed by atoms with Crippen molar-refractivity contribution >= 4 is 5.91 Å². The van der Waals surface area contributed by atoms with Gasteiger partial charge >= 0.3 is 0 Å². The van der Waals surface area contributed by atoms with E-state index in [1.807, 2.05) is 0 Å². The van der Waals surface area contributed by atoms with Crippen molar-refractivity contribution in [2.75, 3.05) is 13.6 Å². The Hall–Kier alpha value is -0.610. The van der Waals surface area contributed by atoms with Crippen molar-refractivity contribution in [3.63, 3.8) is 0 Å². The van der Waals surface area contributed by atoms with Crippen LogP contribution < -0.4 is 10.6 Å². The summed E-state index contributed by atoms with van der Waals surface area (Å²) in [6, 6.07) is 1.75. The predicted molar refractivity (Wildman–Crippen MR) is 85.2 cm³/mol. The first kappa shape index (κ1) is 15.3. The van der Waals surface area contributed by atoms with Gasteiger partial charge in [-0.25, -0.2) is 0 Å². The summed E-state index contributed by atoms with van der Waals surface area (Å²) in [6.45, 7) is 3.17. The maximum atomic E-state index is 12.8. The summed E-state index contributed by atoms with van der Waals surface area (Å²) in [7, 11) is 2.27. The number of piperidine rings is 2. The molecule has 1 amide bonds. The van der Waals surface area contributed by atoms with Gasteiger partial charge < -0.3 is 15.5 Å². The zero-order valence-corrected chi connectivity index (χ0v) is 13.7. The van der Waals surface area contributed by atoms with Gasteiger partial charge in [-0.3, -0.25) is 4.79 Å². The van der Waals surface area contributed by atoms with Crippen LogP contribution in [0.2, 0.25) is 0 Å². The topological polar surface area (TPSA) is 44.4 Å². The molecule has 3 saturated heterocycles. The van der Waals surface area contributed by atoms with Crippen molar-refractivity contribution in [3.8, 4) is 0 Å². The third-order valence-electron chi connectivity index (χ3n) is 6.03. The van der Waals surface area contributed by atoms with Gasteiger partial charge in [0.05, 0.1) is 5.54 Å². The molecule has 0 aromatic rings. The highest BCUT2D eigenvalue weighted by Gasteiger charge is 2.42. The Kier molecular flexibility index (Phi) is 4.55. The number of nitrogens with one attached hydrogen (secondary N) is 2. The van der Waals surface area contributed by atoms with Gasteiger partial charge in [0.25, 0.3) is 0 Å². The number of nitrogens with zero attached hydrogens (tertiary/aromatic N) is 1. The lowest BCUT2D eigenvalue weighted by Gasteiger charge is -2.47. The van der Waals surface area contributed by atoms with E-state index in [9.17, 15) is 4.79 Å². The fourth-order valence-electron chi connectivity index (χ4n) is 4.81. The van der Waals surface area contributed by atoms with Crippen LogP contribution in [-0.2, 0) is 4.79 Å². The highest BCUT2D eigenvalue weighted by Crippen LogP contribution is 2.33. The largest absolute Gasteiger partial charge is 0.352 e. The Balaban J connectivity index is 1.62. The lowest BCUT2D eigenvalue weighted by Crippen LogP contribution is -2.60. The van der Waals surface area contributed by atoms with Crippen LogP contribution in [0.4, 0.5) is 0 Å². The first-order chi connectivity index (χ1) is 10.1. The van der Waals surface area contributed by atoms with Crippen LogP contribution in [0, 0.1) is 0 Å². The number of amides is 1. The lowest BCUT2D eigenvalue weighted by molar-refractivity contribution is -0.129. The van der Waals surface area contributed by atoms with Gasteiger partial charge in [0.1, 0.15) is 0 Å². The smallest absolute Gasteiger partial charge is 0.240 e. The summed E-state index contributed by atoms with van der Waals surface area (Å²) in [5, 5.41) is 6.90. The molecule has 0 aliphatic carbocycles. The second-order valence-corrected chi connectivity index (χ2v) is 7.41. The molecule has 0 spiro atoms. The van der Waals surface area contributed by atoms with Crippen LogP contribution in [0.3, 0.4) is 0 Å². The Bertz CT molecular complexity index is 364. The fraction of sp³-hybridized carbons (Fsp3) is 0.941. The summed E-state index contributed by atoms with van der Waals surface area (Å²) >= 11 is 0. The molecule has 3 heterocycles. The van der Waals surface area contributed by atoms with Gasteiger partial charge in [-0.05, 0) is 58.5 Å². The van der Waals surface area contributed by atoms with Crippen LogP contribution in [0.15, 0.2) is 0 Å². The van der Waals surface area contributed by atoms with Crippen LogP contribution in [0.1, 0.15) is 64.7 Å². The minimum Gasteiger partial charge on any atom is -0.352 e. The molecule has 3 fully saturated rings. The summed E-state index contributed by atoms with van der Waals surface area (Å²) in [5.41, 5.74) is -0.271. The molecule has 0 radical (unpaired) electrons. The molecule has 4 nitrogen and oxygen atoms in total. The zero-order valence-electron chi connectivity index (χ0n) is 13.7. The van der Waals surface area contributed by atoms with Crippen molar-refractivity contribution < 1.29 is 4.79 Å². The number of carbonyl (C=O) groups excluding carboxylic acids is 1. The molecular weight excluding hydrogens is 262 g/mol. The first-order valence-electron chi connectivity index (χ1n) is 8.92. The highest BCUT2D eigenvalue weighted by atomic mass is 16.2. The summed E-state index contributed by atoms with van der Waals surface area (Å²) in [6.07, 6.45) is 10.4. The van der Waals surface area contributed by atoms with Crippen LogP contribution >= 0.6 is 0 Å². The summed E-state index contributed by atoms with van der Waals surface area (Å²) in [5.74, 6) is 0.273. The zero-order chi connectivity index (χ0) is 14.9. The molecule has 3 atom stereocenters. The van der Waals surface area contributed by atoms with Gasteiger partial charge in [-0.2, -0.15) is 0 Å². The molecule has 2 bridgehead atoms. The van der Waals surface area contributed by atoms with Gasteiger partial charge in [-0.15, -0.1) is 0 Å². The maximum absolute atomic E-state index is 12.8. The van der Waals surface area contributed by atoms with Gasteiger partial charge in [0.15, 0.2) is 0 Å². The second kappa shape index (κ2) is 6.25. The summed E-state index contributed by atoms with van der Waals surface area (Å²) in [4.78, 5) is 15.4. The number of carbonyl (C=O) groups is 1. The molecule has 120 valence electrons. The molecule has 0 aromatic carbocycles. The monoisotopic (exact) mass is 293 g/mol. The highest BCUT2D eigenvalue weighted by molar-refractivity contribution is 5.87. The Labute approximate surface area is 129 Å². The maximum Gasteiger partial charge on any atom is 0.240 e. The van der Waals surface area contributed by atoms with Crippen molar-refractivity contribution in [1.29, 1.82) is 0 Å². The van der Waals surface area contributed by atoms with E-state index in [4.69, 9.17) is 0 Å². The first-order valence-corrected chi connectivity index (χ1v) is 8.92. The third-order valence-corrected chi connectivity index (χ3v) is 6.03. The molecule has 0 aromatic heterocycles. The van der Waals surface area contributed by atoms with Gasteiger partial charge in [0.2, 0.25) is 5.91 Å². The number of fused-ring (bicyclic) bond motifs is 2. The normalized spacial score (nSPS) is 40.2. The van der Waals surface area contributed by atoms with Crippen molar-refractivity contribution in [2.45, 2.75) is 88.4 Å². The van der Waals surface area contributed by atoms with E-state index < -0.39 is 0 Å². The van der Waals surface area contributed by atoms with E-state index in [0.717, 1.165) is 45.1 Å². The number of rotatable bonds is 4. The second-order valence-electron chi connectivity index (χ2n) is 7.41. The van der Waals surface area contributed by atoms with Gasteiger partial charge in [-0.1, -0.05) is 19.8 Å². The molecular formula is C17H31N3O. The molecule has 3 rings (SSSR count). The van der Waals surface area contributed by atoms with E-state index in [1.54, 1.807) is 0 Å². The van der Waals surface area contributed by atoms with Crippen LogP contribution in [-0.4, -0.2) is 48.1 Å². The molecule has 3 aliphatic heterocycles. The third kappa shape index (κ3) is 2.98. The molecule has 21 heavy (non-hydrogen) atoms. The average Bonchev–Trinajstić information content (AvgIpc) is 2.90. The van der Waals surface area contributed by atoms with Crippen LogP contribution in [0.5, 0.6) is 0 Å². The Morgan fingerprint density at radius 3 is 2.57 bits per heavy atom. The Morgan fingerprint density at radius 1 is 1.29 bits per heavy atom.